The van der Waals surface area contributed by atoms with Crippen LogP contribution in [0.4, 0.5) is 10.1 Å². The Labute approximate surface area is 164 Å². The van der Waals surface area contributed by atoms with Crippen LogP contribution in [0.15, 0.2) is 77.0 Å². The molecule has 0 bridgehead atoms. The molecule has 28 heavy (non-hydrogen) atoms. The van der Waals surface area contributed by atoms with Gasteiger partial charge in [-0.1, -0.05) is 18.2 Å². The summed E-state index contributed by atoms with van der Waals surface area (Å²) in [6, 6.07) is 16.8. The number of fused-ring (bicyclic) bond motifs is 1. The lowest BCUT2D eigenvalue weighted by Crippen LogP contribution is -2.36. The number of amides is 1. The first kappa shape index (κ1) is 18.1. The molecule has 0 saturated heterocycles. The second-order valence-electron chi connectivity index (χ2n) is 6.21. The van der Waals surface area contributed by atoms with E-state index in [0.717, 1.165) is 4.88 Å². The number of nitrogens with zero attached hydrogens (tertiary/aromatic N) is 3. The lowest BCUT2D eigenvalue weighted by atomic mass is 10.2. The molecule has 2 aromatic heterocycles. The van der Waals surface area contributed by atoms with Crippen LogP contribution in [0, 0.1) is 5.82 Å². The quantitative estimate of drug-likeness (QED) is 0.518. The number of hydrogen-bond acceptors (Lipinski definition) is 4. The van der Waals surface area contributed by atoms with Crippen molar-refractivity contribution in [3.63, 3.8) is 0 Å². The summed E-state index contributed by atoms with van der Waals surface area (Å²) in [7, 11) is 0. The minimum absolute atomic E-state index is 0.134. The van der Waals surface area contributed by atoms with Gasteiger partial charge in [0.1, 0.15) is 12.4 Å². The zero-order chi connectivity index (χ0) is 19.5. The fourth-order valence-electron chi connectivity index (χ4n) is 3.00. The highest BCUT2D eigenvalue weighted by Crippen LogP contribution is 2.21. The predicted octanol–water partition coefficient (Wildman–Crippen LogP) is 3.83. The molecule has 0 fully saturated rings. The highest BCUT2D eigenvalue weighted by Gasteiger charge is 2.19. The molecule has 0 spiro atoms. The van der Waals surface area contributed by atoms with Gasteiger partial charge in [-0.05, 0) is 47.8 Å². The first-order valence-electron chi connectivity index (χ1n) is 8.65. The maximum atomic E-state index is 13.3. The summed E-state index contributed by atoms with van der Waals surface area (Å²) in [4.78, 5) is 32.2. The van der Waals surface area contributed by atoms with E-state index in [4.69, 9.17) is 0 Å². The number of para-hydroxylation sites is 2. The summed E-state index contributed by atoms with van der Waals surface area (Å²) in [6.07, 6.45) is 1.22. The van der Waals surface area contributed by atoms with E-state index in [2.05, 4.69) is 4.98 Å². The monoisotopic (exact) mass is 393 g/mol. The second kappa shape index (κ2) is 7.74. The normalized spacial score (nSPS) is 10.9. The van der Waals surface area contributed by atoms with Gasteiger partial charge in [0.15, 0.2) is 0 Å². The Morgan fingerprint density at radius 3 is 2.61 bits per heavy atom. The maximum Gasteiger partial charge on any atom is 0.269 e. The van der Waals surface area contributed by atoms with E-state index in [1.54, 1.807) is 35.2 Å². The Morgan fingerprint density at radius 2 is 1.86 bits per heavy atom. The molecule has 0 N–H and O–H groups in total. The van der Waals surface area contributed by atoms with Gasteiger partial charge in [0.25, 0.3) is 5.56 Å². The number of benzene rings is 2. The van der Waals surface area contributed by atoms with Crippen molar-refractivity contribution in [1.29, 1.82) is 0 Å². The van der Waals surface area contributed by atoms with Crippen LogP contribution in [0.1, 0.15) is 4.88 Å². The van der Waals surface area contributed by atoms with E-state index in [9.17, 15) is 14.0 Å². The van der Waals surface area contributed by atoms with E-state index in [1.165, 1.54) is 34.2 Å². The fraction of sp³-hybridized carbons (Fsp3) is 0.0952. The van der Waals surface area contributed by atoms with Gasteiger partial charge in [-0.2, -0.15) is 0 Å². The number of carbonyl (C=O) groups is 1. The Kier molecular flexibility index (Phi) is 4.99. The van der Waals surface area contributed by atoms with Crippen molar-refractivity contribution < 1.29 is 9.18 Å². The molecule has 7 heteroatoms. The molecule has 0 unspecified atom stereocenters. The topological polar surface area (TPSA) is 55.2 Å². The number of aromatic nitrogens is 2. The molecule has 0 aliphatic carbocycles. The van der Waals surface area contributed by atoms with Crippen molar-refractivity contribution in [2.45, 2.75) is 13.1 Å². The molecule has 0 aliphatic rings. The van der Waals surface area contributed by atoms with Gasteiger partial charge in [0, 0.05) is 10.6 Å². The minimum Gasteiger partial charge on any atom is -0.306 e. The van der Waals surface area contributed by atoms with Crippen LogP contribution in [-0.2, 0) is 17.9 Å². The molecule has 2 aromatic carbocycles. The first-order chi connectivity index (χ1) is 13.6. The number of anilines is 1. The van der Waals surface area contributed by atoms with E-state index in [1.807, 2.05) is 23.6 Å². The Hall–Kier alpha value is -3.32. The Bertz CT molecular complexity index is 1170. The third-order valence-electron chi connectivity index (χ3n) is 4.38. The molecule has 0 saturated carbocycles. The fourth-order valence-corrected chi connectivity index (χ4v) is 3.69. The van der Waals surface area contributed by atoms with Crippen LogP contribution in [0.2, 0.25) is 0 Å². The molecule has 140 valence electrons. The largest absolute Gasteiger partial charge is 0.306 e. The number of halogens is 1. The Balaban J connectivity index is 1.71. The predicted molar refractivity (Wildman–Crippen MR) is 108 cm³/mol. The average molecular weight is 393 g/mol. The van der Waals surface area contributed by atoms with E-state index >= 15 is 0 Å². The van der Waals surface area contributed by atoms with Crippen LogP contribution in [0.5, 0.6) is 0 Å². The van der Waals surface area contributed by atoms with Crippen molar-refractivity contribution in [3.05, 3.63) is 93.3 Å². The number of rotatable bonds is 5. The number of hydrogen-bond donors (Lipinski definition) is 0. The molecule has 0 radical (unpaired) electrons. The van der Waals surface area contributed by atoms with Crippen molar-refractivity contribution >= 4 is 34.0 Å². The minimum atomic E-state index is -0.372. The summed E-state index contributed by atoms with van der Waals surface area (Å²) in [5.74, 6) is -0.637. The summed E-state index contributed by atoms with van der Waals surface area (Å²) >= 11 is 1.53. The molecular formula is C21H16FN3O2S. The van der Waals surface area contributed by atoms with Gasteiger partial charge in [-0.25, -0.2) is 9.37 Å². The highest BCUT2D eigenvalue weighted by molar-refractivity contribution is 7.09. The third-order valence-corrected chi connectivity index (χ3v) is 5.24. The van der Waals surface area contributed by atoms with Crippen LogP contribution in [-0.4, -0.2) is 15.5 Å². The van der Waals surface area contributed by atoms with E-state index in [-0.39, 0.29) is 23.8 Å². The SMILES string of the molecule is O=C(Cn1c(=O)cnc2ccccc21)N(Cc1cccs1)c1ccc(F)cc1. The van der Waals surface area contributed by atoms with Crippen molar-refractivity contribution in [3.8, 4) is 0 Å². The third kappa shape index (κ3) is 3.70. The van der Waals surface area contributed by atoms with Crippen molar-refractivity contribution in [1.82, 2.24) is 9.55 Å². The number of carbonyl (C=O) groups excluding carboxylic acids is 1. The van der Waals surface area contributed by atoms with Crippen LogP contribution in [0.3, 0.4) is 0 Å². The molecule has 4 aromatic rings. The summed E-state index contributed by atoms with van der Waals surface area (Å²) < 4.78 is 14.8. The van der Waals surface area contributed by atoms with Gasteiger partial charge >= 0.3 is 0 Å². The molecule has 0 aliphatic heterocycles. The molecule has 2 heterocycles. The zero-order valence-electron chi connectivity index (χ0n) is 14.8. The van der Waals surface area contributed by atoms with Gasteiger partial charge in [-0.15, -0.1) is 11.3 Å². The maximum absolute atomic E-state index is 13.3. The van der Waals surface area contributed by atoms with Crippen LogP contribution < -0.4 is 10.5 Å². The van der Waals surface area contributed by atoms with Crippen molar-refractivity contribution in [2.75, 3.05) is 4.90 Å². The van der Waals surface area contributed by atoms with E-state index in [0.29, 0.717) is 23.3 Å². The lowest BCUT2D eigenvalue weighted by Gasteiger charge is -2.23. The average Bonchev–Trinajstić information content (AvgIpc) is 3.22. The zero-order valence-corrected chi connectivity index (χ0v) is 15.6. The lowest BCUT2D eigenvalue weighted by molar-refractivity contribution is -0.119. The summed E-state index contributed by atoms with van der Waals surface area (Å²) in [6.45, 7) is 0.213. The number of thiophene rings is 1. The summed E-state index contributed by atoms with van der Waals surface area (Å²) in [5.41, 5.74) is 1.47. The first-order valence-corrected chi connectivity index (χ1v) is 9.53. The van der Waals surface area contributed by atoms with Crippen molar-refractivity contribution in [2.24, 2.45) is 0 Å². The molecule has 1 amide bonds. The van der Waals surface area contributed by atoms with Crippen LogP contribution in [0.25, 0.3) is 11.0 Å². The van der Waals surface area contributed by atoms with Gasteiger partial charge in [0.05, 0.1) is 23.8 Å². The standard InChI is InChI=1S/C21H16FN3O2S/c22-15-7-9-16(10-8-15)24(13-17-4-3-11-28-17)21(27)14-25-19-6-2-1-5-18(19)23-12-20(25)26/h1-12H,13-14H2. The smallest absolute Gasteiger partial charge is 0.269 e. The molecule has 0 atom stereocenters. The van der Waals surface area contributed by atoms with Gasteiger partial charge in [0.2, 0.25) is 5.91 Å². The van der Waals surface area contributed by atoms with Gasteiger partial charge in [-0.3, -0.25) is 14.2 Å². The summed E-state index contributed by atoms with van der Waals surface area (Å²) in [5, 5.41) is 1.93. The Morgan fingerprint density at radius 1 is 1.07 bits per heavy atom. The molecule has 5 nitrogen and oxygen atoms in total. The van der Waals surface area contributed by atoms with E-state index < -0.39 is 0 Å². The second-order valence-corrected chi connectivity index (χ2v) is 7.24. The van der Waals surface area contributed by atoms with Gasteiger partial charge < -0.3 is 4.90 Å². The van der Waals surface area contributed by atoms with Crippen LogP contribution >= 0.6 is 11.3 Å². The molecular weight excluding hydrogens is 377 g/mol. The highest BCUT2D eigenvalue weighted by atomic mass is 32.1. The molecule has 4 rings (SSSR count).